The van der Waals surface area contributed by atoms with E-state index >= 15 is 0 Å². The van der Waals surface area contributed by atoms with Crippen molar-refractivity contribution in [2.45, 2.75) is 59.8 Å². The van der Waals surface area contributed by atoms with Gasteiger partial charge in [0, 0.05) is 0 Å². The topological polar surface area (TPSA) is 0 Å². The van der Waals surface area contributed by atoms with Crippen molar-refractivity contribution < 1.29 is 0 Å². The molecule has 1 aliphatic carbocycles. The Hall–Kier alpha value is 0. The zero-order valence-corrected chi connectivity index (χ0v) is 9.84. The fourth-order valence-corrected chi connectivity index (χ4v) is 3.00. The van der Waals surface area contributed by atoms with E-state index in [0.717, 1.165) is 23.7 Å². The highest BCUT2D eigenvalue weighted by molar-refractivity contribution is 4.79. The highest BCUT2D eigenvalue weighted by Gasteiger charge is 2.28. The minimum atomic E-state index is 0.933. The first-order chi connectivity index (χ1) is 6.15. The van der Waals surface area contributed by atoms with Gasteiger partial charge >= 0.3 is 0 Å². The maximum absolute atomic E-state index is 2.47. The Balaban J connectivity index is 2.33. The van der Waals surface area contributed by atoms with Crippen molar-refractivity contribution in [3.8, 4) is 0 Å². The smallest absolute Gasteiger partial charge is 0.0363 e. The molecule has 1 rings (SSSR count). The van der Waals surface area contributed by atoms with Crippen LogP contribution in [0.4, 0.5) is 0 Å². The van der Waals surface area contributed by atoms with Gasteiger partial charge in [-0.1, -0.05) is 47.0 Å². The SMILES string of the molecule is CCC(C)CC(C)C1CCCC1C. The summed E-state index contributed by atoms with van der Waals surface area (Å²) in [5.41, 5.74) is 0. The van der Waals surface area contributed by atoms with E-state index in [9.17, 15) is 0 Å². The molecular formula is C13H26. The van der Waals surface area contributed by atoms with Gasteiger partial charge in [-0.3, -0.25) is 0 Å². The summed E-state index contributed by atoms with van der Waals surface area (Å²) in [6.07, 6.45) is 7.27. The quantitative estimate of drug-likeness (QED) is 0.600. The van der Waals surface area contributed by atoms with Crippen molar-refractivity contribution in [1.29, 1.82) is 0 Å². The molecule has 0 N–H and O–H groups in total. The molecule has 0 heteroatoms. The third-order valence-corrected chi connectivity index (χ3v) is 4.13. The average Bonchev–Trinajstić information content (AvgIpc) is 2.51. The monoisotopic (exact) mass is 182 g/mol. The summed E-state index contributed by atoms with van der Waals surface area (Å²) in [5.74, 6) is 3.93. The molecule has 0 aromatic heterocycles. The third kappa shape index (κ3) is 3.00. The molecule has 0 spiro atoms. The van der Waals surface area contributed by atoms with E-state index in [4.69, 9.17) is 0 Å². The first kappa shape index (κ1) is 11.1. The lowest BCUT2D eigenvalue weighted by atomic mass is 9.80. The molecule has 0 aromatic carbocycles. The second kappa shape index (κ2) is 5.02. The fraction of sp³-hybridized carbons (Fsp3) is 1.00. The second-order valence-corrected chi connectivity index (χ2v) is 5.30. The molecule has 1 aliphatic rings. The standard InChI is InChI=1S/C13H26/c1-5-10(2)9-12(4)13-8-6-7-11(13)3/h10-13H,5-9H2,1-4H3. The lowest BCUT2D eigenvalue weighted by molar-refractivity contribution is 0.248. The Kier molecular flexibility index (Phi) is 4.28. The van der Waals surface area contributed by atoms with Crippen molar-refractivity contribution in [3.05, 3.63) is 0 Å². The zero-order valence-electron chi connectivity index (χ0n) is 9.84. The van der Waals surface area contributed by atoms with Crippen molar-refractivity contribution >= 4 is 0 Å². The molecule has 0 amide bonds. The van der Waals surface area contributed by atoms with Gasteiger partial charge in [-0.2, -0.15) is 0 Å². The van der Waals surface area contributed by atoms with Crippen LogP contribution in [0, 0.1) is 23.7 Å². The molecule has 4 unspecified atom stereocenters. The summed E-state index contributed by atoms with van der Waals surface area (Å²) >= 11 is 0. The van der Waals surface area contributed by atoms with Crippen LogP contribution in [0.3, 0.4) is 0 Å². The molecule has 0 saturated heterocycles. The number of rotatable bonds is 4. The van der Waals surface area contributed by atoms with Crippen molar-refractivity contribution in [3.63, 3.8) is 0 Å². The van der Waals surface area contributed by atoms with Gasteiger partial charge in [-0.15, -0.1) is 0 Å². The van der Waals surface area contributed by atoms with Gasteiger partial charge in [-0.05, 0) is 36.5 Å². The lowest BCUT2D eigenvalue weighted by Gasteiger charge is -2.25. The van der Waals surface area contributed by atoms with Gasteiger partial charge in [0.25, 0.3) is 0 Å². The molecule has 0 aliphatic heterocycles. The van der Waals surface area contributed by atoms with Crippen LogP contribution in [-0.2, 0) is 0 Å². The van der Waals surface area contributed by atoms with Crippen molar-refractivity contribution in [2.24, 2.45) is 23.7 Å². The molecule has 1 fully saturated rings. The first-order valence-electron chi connectivity index (χ1n) is 6.15. The Morgan fingerprint density at radius 3 is 2.38 bits per heavy atom. The Morgan fingerprint density at radius 2 is 1.92 bits per heavy atom. The predicted molar refractivity (Wildman–Crippen MR) is 59.7 cm³/mol. The molecule has 1 saturated carbocycles. The van der Waals surface area contributed by atoms with Crippen LogP contribution in [-0.4, -0.2) is 0 Å². The lowest BCUT2D eigenvalue weighted by Crippen LogP contribution is -2.16. The summed E-state index contributed by atoms with van der Waals surface area (Å²) in [6, 6.07) is 0. The average molecular weight is 182 g/mol. The van der Waals surface area contributed by atoms with E-state index < -0.39 is 0 Å². The van der Waals surface area contributed by atoms with Gasteiger partial charge in [0.15, 0.2) is 0 Å². The van der Waals surface area contributed by atoms with E-state index in [1.165, 1.54) is 32.1 Å². The number of hydrogen-bond acceptors (Lipinski definition) is 0. The van der Waals surface area contributed by atoms with Gasteiger partial charge < -0.3 is 0 Å². The Morgan fingerprint density at radius 1 is 1.23 bits per heavy atom. The highest BCUT2D eigenvalue weighted by Crippen LogP contribution is 2.39. The van der Waals surface area contributed by atoms with E-state index in [0.29, 0.717) is 0 Å². The van der Waals surface area contributed by atoms with E-state index in [-0.39, 0.29) is 0 Å². The molecular weight excluding hydrogens is 156 g/mol. The molecule has 0 aromatic rings. The summed E-state index contributed by atoms with van der Waals surface area (Å²) in [7, 11) is 0. The summed E-state index contributed by atoms with van der Waals surface area (Å²) in [4.78, 5) is 0. The maximum atomic E-state index is 2.47. The number of hydrogen-bond donors (Lipinski definition) is 0. The molecule has 0 heterocycles. The van der Waals surface area contributed by atoms with Crippen LogP contribution in [0.15, 0.2) is 0 Å². The van der Waals surface area contributed by atoms with Crippen molar-refractivity contribution in [2.75, 3.05) is 0 Å². The third-order valence-electron chi connectivity index (χ3n) is 4.13. The first-order valence-corrected chi connectivity index (χ1v) is 6.15. The van der Waals surface area contributed by atoms with Crippen LogP contribution in [0.25, 0.3) is 0 Å². The molecule has 0 radical (unpaired) electrons. The molecule has 78 valence electrons. The van der Waals surface area contributed by atoms with Crippen LogP contribution in [0.2, 0.25) is 0 Å². The summed E-state index contributed by atoms with van der Waals surface area (Å²) in [6.45, 7) is 9.63. The van der Waals surface area contributed by atoms with Gasteiger partial charge in [-0.25, -0.2) is 0 Å². The molecule has 4 atom stereocenters. The second-order valence-electron chi connectivity index (χ2n) is 5.30. The molecule has 0 bridgehead atoms. The van der Waals surface area contributed by atoms with E-state index in [2.05, 4.69) is 27.7 Å². The largest absolute Gasteiger partial charge is 0.0651 e. The maximum Gasteiger partial charge on any atom is -0.0363 e. The summed E-state index contributed by atoms with van der Waals surface area (Å²) in [5, 5.41) is 0. The van der Waals surface area contributed by atoms with Crippen LogP contribution in [0.1, 0.15) is 59.8 Å². The van der Waals surface area contributed by atoms with Gasteiger partial charge in [0.2, 0.25) is 0 Å². The van der Waals surface area contributed by atoms with Gasteiger partial charge in [0.1, 0.15) is 0 Å². The van der Waals surface area contributed by atoms with E-state index in [1.807, 2.05) is 0 Å². The Bertz CT molecular complexity index is 139. The fourth-order valence-electron chi connectivity index (χ4n) is 3.00. The highest BCUT2D eigenvalue weighted by atomic mass is 14.3. The van der Waals surface area contributed by atoms with Crippen LogP contribution in [0.5, 0.6) is 0 Å². The summed E-state index contributed by atoms with van der Waals surface area (Å²) < 4.78 is 0. The Labute approximate surface area is 84.1 Å². The normalized spacial score (nSPS) is 33.2. The molecule has 0 nitrogen and oxygen atoms in total. The van der Waals surface area contributed by atoms with Crippen LogP contribution < -0.4 is 0 Å². The van der Waals surface area contributed by atoms with Crippen LogP contribution >= 0.6 is 0 Å². The zero-order chi connectivity index (χ0) is 9.84. The molecule has 13 heavy (non-hydrogen) atoms. The minimum Gasteiger partial charge on any atom is -0.0651 e. The van der Waals surface area contributed by atoms with Crippen molar-refractivity contribution in [1.82, 2.24) is 0 Å². The van der Waals surface area contributed by atoms with E-state index in [1.54, 1.807) is 0 Å². The predicted octanol–water partition coefficient (Wildman–Crippen LogP) is 4.49. The minimum absolute atomic E-state index is 0.933. The van der Waals surface area contributed by atoms with Gasteiger partial charge in [0.05, 0.1) is 0 Å².